The van der Waals surface area contributed by atoms with Gasteiger partial charge in [0.05, 0.1) is 12.2 Å². The average Bonchev–Trinajstić information content (AvgIpc) is 2.96. The van der Waals surface area contributed by atoms with Gasteiger partial charge in [-0.25, -0.2) is 0 Å². The molecule has 0 saturated carbocycles. The third-order valence-electron chi connectivity index (χ3n) is 3.28. The van der Waals surface area contributed by atoms with Gasteiger partial charge in [0.25, 0.3) is 0 Å². The standard InChI is InChI=1S/C15H18N2O2/c16-10-13(9-12-5-2-1-3-6-12)15(18)17-11-14-7-4-8-19-14/h1-3,5-6,13-14H,4,7-9,11H2,(H,17,18). The molecule has 1 aromatic rings. The minimum Gasteiger partial charge on any atom is -0.376 e. The van der Waals surface area contributed by atoms with Crippen LogP contribution in [0, 0.1) is 17.2 Å². The number of hydrogen-bond donors (Lipinski definition) is 1. The number of rotatable bonds is 5. The summed E-state index contributed by atoms with van der Waals surface area (Å²) in [6.07, 6.45) is 2.59. The summed E-state index contributed by atoms with van der Waals surface area (Å²) in [5.41, 5.74) is 1.00. The molecule has 2 unspecified atom stereocenters. The van der Waals surface area contributed by atoms with E-state index >= 15 is 0 Å². The second kappa shape index (κ2) is 6.91. The van der Waals surface area contributed by atoms with Crippen molar-refractivity contribution in [2.24, 2.45) is 5.92 Å². The lowest BCUT2D eigenvalue weighted by atomic mass is 10.00. The number of nitriles is 1. The highest BCUT2D eigenvalue weighted by Crippen LogP contribution is 2.12. The summed E-state index contributed by atoms with van der Waals surface area (Å²) in [7, 11) is 0. The van der Waals surface area contributed by atoms with Gasteiger partial charge in [0, 0.05) is 13.2 Å². The van der Waals surface area contributed by atoms with E-state index in [0.717, 1.165) is 25.0 Å². The lowest BCUT2D eigenvalue weighted by molar-refractivity contribution is -0.123. The average molecular weight is 258 g/mol. The van der Waals surface area contributed by atoms with Crippen LogP contribution in [0.15, 0.2) is 30.3 Å². The number of carbonyl (C=O) groups excluding carboxylic acids is 1. The highest BCUT2D eigenvalue weighted by molar-refractivity contribution is 5.81. The molecule has 1 aromatic carbocycles. The zero-order valence-electron chi connectivity index (χ0n) is 10.8. The molecule has 1 amide bonds. The first-order chi connectivity index (χ1) is 9.29. The first-order valence-corrected chi connectivity index (χ1v) is 6.62. The molecule has 1 aliphatic rings. The lowest BCUT2D eigenvalue weighted by Gasteiger charge is -2.13. The predicted octanol–water partition coefficient (Wildman–Crippen LogP) is 1.66. The molecule has 19 heavy (non-hydrogen) atoms. The minimum atomic E-state index is -0.635. The quantitative estimate of drug-likeness (QED) is 0.873. The van der Waals surface area contributed by atoms with Gasteiger partial charge < -0.3 is 10.1 Å². The molecule has 0 radical (unpaired) electrons. The molecular weight excluding hydrogens is 240 g/mol. The second-order valence-electron chi connectivity index (χ2n) is 4.75. The fourth-order valence-corrected chi connectivity index (χ4v) is 2.19. The van der Waals surface area contributed by atoms with Crippen LogP contribution in [0.5, 0.6) is 0 Å². The Morgan fingerprint density at radius 3 is 2.89 bits per heavy atom. The lowest BCUT2D eigenvalue weighted by Crippen LogP contribution is -2.36. The van der Waals surface area contributed by atoms with E-state index < -0.39 is 5.92 Å². The molecule has 0 bridgehead atoms. The van der Waals surface area contributed by atoms with E-state index in [9.17, 15) is 4.79 Å². The van der Waals surface area contributed by atoms with Crippen LogP contribution < -0.4 is 5.32 Å². The SMILES string of the molecule is N#CC(Cc1ccccc1)C(=O)NCC1CCCO1. The summed E-state index contributed by atoms with van der Waals surface area (Å²) in [4.78, 5) is 11.9. The number of benzene rings is 1. The van der Waals surface area contributed by atoms with Crippen molar-refractivity contribution in [3.63, 3.8) is 0 Å². The number of amides is 1. The Morgan fingerprint density at radius 1 is 1.47 bits per heavy atom. The fourth-order valence-electron chi connectivity index (χ4n) is 2.19. The van der Waals surface area contributed by atoms with Crippen molar-refractivity contribution in [2.45, 2.75) is 25.4 Å². The van der Waals surface area contributed by atoms with E-state index in [4.69, 9.17) is 10.00 Å². The van der Waals surface area contributed by atoms with Gasteiger partial charge in [0.2, 0.25) is 5.91 Å². The number of nitrogens with zero attached hydrogens (tertiary/aromatic N) is 1. The van der Waals surface area contributed by atoms with Crippen molar-refractivity contribution in [3.05, 3.63) is 35.9 Å². The molecule has 4 nitrogen and oxygen atoms in total. The van der Waals surface area contributed by atoms with E-state index in [1.54, 1.807) is 0 Å². The van der Waals surface area contributed by atoms with Crippen LogP contribution in [-0.2, 0) is 16.0 Å². The van der Waals surface area contributed by atoms with Crippen LogP contribution in [0.3, 0.4) is 0 Å². The Hall–Kier alpha value is -1.86. The molecular formula is C15H18N2O2. The molecule has 1 fully saturated rings. The normalized spacial score (nSPS) is 19.6. The Morgan fingerprint density at radius 2 is 2.26 bits per heavy atom. The topological polar surface area (TPSA) is 62.1 Å². The smallest absolute Gasteiger partial charge is 0.237 e. The molecule has 100 valence electrons. The molecule has 0 aromatic heterocycles. The predicted molar refractivity (Wildman–Crippen MR) is 71.2 cm³/mol. The van der Waals surface area contributed by atoms with Gasteiger partial charge in [0.15, 0.2) is 0 Å². The Bertz CT molecular complexity index is 447. The molecule has 2 rings (SSSR count). The highest BCUT2D eigenvalue weighted by Gasteiger charge is 2.21. The molecule has 2 atom stereocenters. The van der Waals surface area contributed by atoms with Gasteiger partial charge in [-0.15, -0.1) is 0 Å². The molecule has 4 heteroatoms. The van der Waals surface area contributed by atoms with Gasteiger partial charge in [-0.1, -0.05) is 30.3 Å². The number of nitrogens with one attached hydrogen (secondary N) is 1. The van der Waals surface area contributed by atoms with E-state index in [-0.39, 0.29) is 12.0 Å². The van der Waals surface area contributed by atoms with E-state index in [1.165, 1.54) is 0 Å². The van der Waals surface area contributed by atoms with Crippen LogP contribution in [0.2, 0.25) is 0 Å². The molecule has 1 N–H and O–H groups in total. The van der Waals surface area contributed by atoms with E-state index in [0.29, 0.717) is 13.0 Å². The largest absolute Gasteiger partial charge is 0.376 e. The van der Waals surface area contributed by atoms with Gasteiger partial charge in [-0.05, 0) is 24.8 Å². The van der Waals surface area contributed by atoms with E-state index in [2.05, 4.69) is 11.4 Å². The second-order valence-corrected chi connectivity index (χ2v) is 4.75. The molecule has 1 saturated heterocycles. The number of hydrogen-bond acceptors (Lipinski definition) is 3. The van der Waals surface area contributed by atoms with Gasteiger partial charge in [0.1, 0.15) is 5.92 Å². The first kappa shape index (κ1) is 13.6. The van der Waals surface area contributed by atoms with Gasteiger partial charge >= 0.3 is 0 Å². The van der Waals surface area contributed by atoms with Crippen molar-refractivity contribution in [1.82, 2.24) is 5.32 Å². The summed E-state index contributed by atoms with van der Waals surface area (Å²) < 4.78 is 5.44. The summed E-state index contributed by atoms with van der Waals surface area (Å²) in [6.45, 7) is 1.28. The van der Waals surface area contributed by atoms with Gasteiger partial charge in [-0.2, -0.15) is 5.26 Å². The van der Waals surface area contributed by atoms with Crippen molar-refractivity contribution in [1.29, 1.82) is 5.26 Å². The zero-order valence-corrected chi connectivity index (χ0v) is 10.8. The van der Waals surface area contributed by atoms with Gasteiger partial charge in [-0.3, -0.25) is 4.79 Å². The summed E-state index contributed by atoms with van der Waals surface area (Å²) in [5, 5.41) is 11.9. The Kier molecular flexibility index (Phi) is 4.93. The molecule has 1 heterocycles. The van der Waals surface area contributed by atoms with Crippen LogP contribution >= 0.6 is 0 Å². The maximum Gasteiger partial charge on any atom is 0.237 e. The maximum absolute atomic E-state index is 11.9. The minimum absolute atomic E-state index is 0.111. The van der Waals surface area contributed by atoms with Crippen molar-refractivity contribution in [2.75, 3.05) is 13.2 Å². The Balaban J connectivity index is 1.83. The van der Waals surface area contributed by atoms with E-state index in [1.807, 2.05) is 30.3 Å². The van der Waals surface area contributed by atoms with Crippen LogP contribution in [0.4, 0.5) is 0 Å². The van der Waals surface area contributed by atoms with Crippen molar-refractivity contribution >= 4 is 5.91 Å². The number of carbonyl (C=O) groups is 1. The third kappa shape index (κ3) is 4.08. The molecule has 1 aliphatic heterocycles. The Labute approximate surface area is 113 Å². The molecule has 0 spiro atoms. The third-order valence-corrected chi connectivity index (χ3v) is 3.28. The van der Waals surface area contributed by atoms with Crippen LogP contribution in [0.1, 0.15) is 18.4 Å². The summed E-state index contributed by atoms with van der Waals surface area (Å²) in [5.74, 6) is -0.842. The van der Waals surface area contributed by atoms with Crippen LogP contribution in [-0.4, -0.2) is 25.2 Å². The monoisotopic (exact) mass is 258 g/mol. The molecule has 0 aliphatic carbocycles. The first-order valence-electron chi connectivity index (χ1n) is 6.62. The summed E-state index contributed by atoms with van der Waals surface area (Å²) >= 11 is 0. The van der Waals surface area contributed by atoms with Crippen molar-refractivity contribution < 1.29 is 9.53 Å². The highest BCUT2D eigenvalue weighted by atomic mass is 16.5. The van der Waals surface area contributed by atoms with Crippen molar-refractivity contribution in [3.8, 4) is 6.07 Å². The maximum atomic E-state index is 11.9. The summed E-state index contributed by atoms with van der Waals surface area (Å²) in [6, 6.07) is 11.7. The number of ether oxygens (including phenoxy) is 1. The fraction of sp³-hybridized carbons (Fsp3) is 0.467. The zero-order chi connectivity index (χ0) is 13.5. The van der Waals surface area contributed by atoms with Crippen LogP contribution in [0.25, 0.3) is 0 Å².